The smallest absolute Gasteiger partial charge is 0.263 e. The van der Waals surface area contributed by atoms with Crippen LogP contribution in [-0.2, 0) is 6.54 Å². The maximum Gasteiger partial charge on any atom is 0.263 e. The zero-order valence-electron chi connectivity index (χ0n) is 13.1. The molecule has 116 valence electrons. The number of likely N-dealkylation sites (tertiary alicyclic amines) is 1. The predicted molar refractivity (Wildman–Crippen MR) is 83.5 cm³/mol. The molecule has 0 spiro atoms. The van der Waals surface area contributed by atoms with Crippen LogP contribution >= 0.6 is 0 Å². The molecule has 1 N–H and O–H groups in total. The molecule has 5 nitrogen and oxygen atoms in total. The van der Waals surface area contributed by atoms with E-state index >= 15 is 0 Å². The standard InChI is InChI=1S/C16H25N3O2/c1-12(2)11-19-8-4-5-14(16(19)21)15(20)17-13-6-9-18(3)10-7-13/h4-5,8,12-13H,6-7,9-11H2,1-3H3,(H,17,20). The lowest BCUT2D eigenvalue weighted by molar-refractivity contribution is 0.0914. The Hall–Kier alpha value is -1.62. The Morgan fingerprint density at radius 2 is 2.05 bits per heavy atom. The number of carbonyl (C=O) groups excluding carboxylic acids is 1. The lowest BCUT2D eigenvalue weighted by atomic mass is 10.1. The van der Waals surface area contributed by atoms with E-state index in [0.29, 0.717) is 12.5 Å². The Kier molecular flexibility index (Phi) is 5.17. The molecule has 1 aromatic heterocycles. The van der Waals surface area contributed by atoms with E-state index < -0.39 is 0 Å². The second kappa shape index (κ2) is 6.89. The molecule has 21 heavy (non-hydrogen) atoms. The van der Waals surface area contributed by atoms with Gasteiger partial charge in [-0.1, -0.05) is 13.8 Å². The topological polar surface area (TPSA) is 54.3 Å². The molecule has 1 amide bonds. The number of nitrogens with zero attached hydrogens (tertiary/aromatic N) is 2. The maximum absolute atomic E-state index is 12.3. The van der Waals surface area contributed by atoms with E-state index in [9.17, 15) is 9.59 Å². The summed E-state index contributed by atoms with van der Waals surface area (Å²) in [5.74, 6) is 0.127. The number of amides is 1. The van der Waals surface area contributed by atoms with Gasteiger partial charge in [0.2, 0.25) is 0 Å². The van der Waals surface area contributed by atoms with Crippen LogP contribution in [-0.4, -0.2) is 41.6 Å². The third-order valence-corrected chi connectivity index (χ3v) is 3.88. The lowest BCUT2D eigenvalue weighted by Gasteiger charge is -2.29. The van der Waals surface area contributed by atoms with Crippen molar-refractivity contribution < 1.29 is 4.79 Å². The van der Waals surface area contributed by atoms with Gasteiger partial charge in [0, 0.05) is 18.8 Å². The fraction of sp³-hybridized carbons (Fsp3) is 0.625. The van der Waals surface area contributed by atoms with Gasteiger partial charge < -0.3 is 14.8 Å². The van der Waals surface area contributed by atoms with Crippen LogP contribution in [0.25, 0.3) is 0 Å². The molecule has 5 heteroatoms. The van der Waals surface area contributed by atoms with Crippen LogP contribution in [0.15, 0.2) is 23.1 Å². The molecule has 0 radical (unpaired) electrons. The summed E-state index contributed by atoms with van der Waals surface area (Å²) in [5.41, 5.74) is 0.0497. The summed E-state index contributed by atoms with van der Waals surface area (Å²) in [4.78, 5) is 26.9. The zero-order valence-corrected chi connectivity index (χ0v) is 13.1. The molecule has 1 fully saturated rings. The van der Waals surface area contributed by atoms with Gasteiger partial charge in [-0.05, 0) is 51.0 Å². The van der Waals surface area contributed by atoms with E-state index in [1.54, 1.807) is 22.9 Å². The predicted octanol–water partition coefficient (Wildman–Crippen LogP) is 1.33. The van der Waals surface area contributed by atoms with E-state index in [0.717, 1.165) is 25.9 Å². The zero-order chi connectivity index (χ0) is 15.4. The highest BCUT2D eigenvalue weighted by molar-refractivity contribution is 5.93. The van der Waals surface area contributed by atoms with Crippen molar-refractivity contribution >= 4 is 5.91 Å². The second-order valence-corrected chi connectivity index (χ2v) is 6.32. The van der Waals surface area contributed by atoms with E-state index in [1.165, 1.54) is 0 Å². The van der Waals surface area contributed by atoms with Crippen LogP contribution in [0, 0.1) is 5.92 Å². The third-order valence-electron chi connectivity index (χ3n) is 3.88. The fourth-order valence-electron chi connectivity index (χ4n) is 2.66. The first-order valence-electron chi connectivity index (χ1n) is 7.66. The normalized spacial score (nSPS) is 17.1. The summed E-state index contributed by atoms with van der Waals surface area (Å²) < 4.78 is 1.62. The molecule has 0 aromatic carbocycles. The molecule has 0 atom stereocenters. The largest absolute Gasteiger partial charge is 0.349 e. The van der Waals surface area contributed by atoms with Crippen molar-refractivity contribution in [3.05, 3.63) is 34.2 Å². The van der Waals surface area contributed by atoms with Gasteiger partial charge in [-0.2, -0.15) is 0 Å². The summed E-state index contributed by atoms with van der Waals surface area (Å²) in [6.07, 6.45) is 3.62. The van der Waals surface area contributed by atoms with Gasteiger partial charge in [-0.15, -0.1) is 0 Å². The summed E-state index contributed by atoms with van der Waals surface area (Å²) in [6, 6.07) is 3.56. The Bertz CT molecular complexity index is 543. The van der Waals surface area contributed by atoms with E-state index in [2.05, 4.69) is 31.1 Å². The summed E-state index contributed by atoms with van der Waals surface area (Å²) in [5, 5.41) is 3.00. The van der Waals surface area contributed by atoms with E-state index in [1.807, 2.05) is 0 Å². The molecule has 1 aromatic rings. The number of aromatic nitrogens is 1. The van der Waals surface area contributed by atoms with Gasteiger partial charge in [-0.25, -0.2) is 0 Å². The van der Waals surface area contributed by atoms with Crippen LogP contribution in [0.1, 0.15) is 37.0 Å². The van der Waals surface area contributed by atoms with E-state index in [-0.39, 0.29) is 23.1 Å². The molecular formula is C16H25N3O2. The van der Waals surface area contributed by atoms with Crippen LogP contribution < -0.4 is 10.9 Å². The molecule has 0 saturated carbocycles. The number of piperidine rings is 1. The van der Waals surface area contributed by atoms with Crippen molar-refractivity contribution in [1.29, 1.82) is 0 Å². The molecule has 1 saturated heterocycles. The highest BCUT2D eigenvalue weighted by atomic mass is 16.2. The molecule has 1 aliphatic heterocycles. The van der Waals surface area contributed by atoms with Crippen LogP contribution in [0.3, 0.4) is 0 Å². The van der Waals surface area contributed by atoms with Gasteiger partial charge in [-0.3, -0.25) is 9.59 Å². The quantitative estimate of drug-likeness (QED) is 0.910. The SMILES string of the molecule is CC(C)Cn1cccc(C(=O)NC2CCN(C)CC2)c1=O. The summed E-state index contributed by atoms with van der Waals surface area (Å²) >= 11 is 0. The Balaban J connectivity index is 2.07. The highest BCUT2D eigenvalue weighted by Gasteiger charge is 2.20. The minimum absolute atomic E-state index is 0.173. The lowest BCUT2D eigenvalue weighted by Crippen LogP contribution is -2.44. The van der Waals surface area contributed by atoms with Crippen molar-refractivity contribution in [1.82, 2.24) is 14.8 Å². The van der Waals surface area contributed by atoms with Crippen molar-refractivity contribution in [3.63, 3.8) is 0 Å². The van der Waals surface area contributed by atoms with E-state index in [4.69, 9.17) is 0 Å². The Morgan fingerprint density at radius 1 is 1.38 bits per heavy atom. The molecule has 0 aliphatic carbocycles. The van der Waals surface area contributed by atoms with Gasteiger partial charge >= 0.3 is 0 Å². The molecule has 2 rings (SSSR count). The van der Waals surface area contributed by atoms with Crippen molar-refractivity contribution in [2.75, 3.05) is 20.1 Å². The molecule has 1 aliphatic rings. The Labute approximate surface area is 126 Å². The number of pyridine rings is 1. The molecule has 0 unspecified atom stereocenters. The van der Waals surface area contributed by atoms with Crippen molar-refractivity contribution in [3.8, 4) is 0 Å². The average Bonchev–Trinajstić information content (AvgIpc) is 2.43. The maximum atomic E-state index is 12.3. The van der Waals surface area contributed by atoms with Crippen LogP contribution in [0.4, 0.5) is 0 Å². The van der Waals surface area contributed by atoms with Crippen LogP contribution in [0.2, 0.25) is 0 Å². The molecule has 0 bridgehead atoms. The minimum atomic E-state index is -0.243. The first kappa shape index (κ1) is 15.8. The van der Waals surface area contributed by atoms with Crippen LogP contribution in [0.5, 0.6) is 0 Å². The third kappa shape index (κ3) is 4.17. The molecule has 2 heterocycles. The highest BCUT2D eigenvalue weighted by Crippen LogP contribution is 2.09. The summed E-state index contributed by atoms with van der Waals surface area (Å²) in [7, 11) is 2.08. The molecular weight excluding hydrogens is 266 g/mol. The Morgan fingerprint density at radius 3 is 2.67 bits per heavy atom. The second-order valence-electron chi connectivity index (χ2n) is 6.32. The number of hydrogen-bond acceptors (Lipinski definition) is 3. The van der Waals surface area contributed by atoms with Gasteiger partial charge in [0.25, 0.3) is 11.5 Å². The first-order chi connectivity index (χ1) is 9.97. The van der Waals surface area contributed by atoms with Gasteiger partial charge in [0.05, 0.1) is 0 Å². The number of nitrogens with one attached hydrogen (secondary N) is 1. The van der Waals surface area contributed by atoms with Gasteiger partial charge in [0.1, 0.15) is 5.56 Å². The average molecular weight is 291 g/mol. The number of rotatable bonds is 4. The fourth-order valence-corrected chi connectivity index (χ4v) is 2.66. The number of carbonyl (C=O) groups is 1. The first-order valence-corrected chi connectivity index (χ1v) is 7.66. The summed E-state index contributed by atoms with van der Waals surface area (Å²) in [6.45, 7) is 6.71. The van der Waals surface area contributed by atoms with Gasteiger partial charge in [0.15, 0.2) is 0 Å². The van der Waals surface area contributed by atoms with Crippen molar-refractivity contribution in [2.24, 2.45) is 5.92 Å². The monoisotopic (exact) mass is 291 g/mol. The number of hydrogen-bond donors (Lipinski definition) is 1. The van der Waals surface area contributed by atoms with Crippen molar-refractivity contribution in [2.45, 2.75) is 39.3 Å². The minimum Gasteiger partial charge on any atom is -0.349 e.